The largest absolute Gasteiger partial charge is 0.489 e. The maximum atomic E-state index is 5.91. The molecular formula is C16H26N2O2. The van der Waals surface area contributed by atoms with Gasteiger partial charge in [-0.2, -0.15) is 0 Å². The summed E-state index contributed by atoms with van der Waals surface area (Å²) in [6.07, 6.45) is 2.47. The first-order valence-corrected chi connectivity index (χ1v) is 7.40. The summed E-state index contributed by atoms with van der Waals surface area (Å²) in [5.74, 6) is 0.864. The summed E-state index contributed by atoms with van der Waals surface area (Å²) < 4.78 is 11.5. The Morgan fingerprint density at radius 2 is 2.20 bits per heavy atom. The second-order valence-corrected chi connectivity index (χ2v) is 6.45. The molecule has 1 aliphatic rings. The normalized spacial score (nSPS) is 19.3. The lowest BCUT2D eigenvalue weighted by atomic mass is 10.1. The number of hydrogen-bond donors (Lipinski definition) is 1. The summed E-state index contributed by atoms with van der Waals surface area (Å²) in [4.78, 5) is 4.59. The van der Waals surface area contributed by atoms with Crippen LogP contribution in [0.4, 0.5) is 0 Å². The average Bonchev–Trinajstić information content (AvgIpc) is 2.87. The third-order valence-electron chi connectivity index (χ3n) is 3.31. The van der Waals surface area contributed by atoms with Crippen LogP contribution in [0.3, 0.4) is 0 Å². The molecule has 1 N–H and O–H groups in total. The van der Waals surface area contributed by atoms with E-state index in [4.69, 9.17) is 9.47 Å². The lowest BCUT2D eigenvalue weighted by Crippen LogP contribution is -2.35. The number of ether oxygens (including phenoxy) is 2. The molecule has 1 atom stereocenters. The number of pyridine rings is 1. The number of aromatic nitrogens is 1. The Morgan fingerprint density at radius 3 is 2.85 bits per heavy atom. The molecule has 2 rings (SSSR count). The molecule has 0 spiro atoms. The molecule has 4 nitrogen and oxygen atoms in total. The van der Waals surface area contributed by atoms with Crippen LogP contribution in [-0.2, 0) is 11.3 Å². The minimum atomic E-state index is 0.0667. The van der Waals surface area contributed by atoms with Gasteiger partial charge in [-0.3, -0.25) is 4.98 Å². The van der Waals surface area contributed by atoms with Gasteiger partial charge in [-0.25, -0.2) is 0 Å². The number of hydrogen-bond acceptors (Lipinski definition) is 4. The van der Waals surface area contributed by atoms with Crippen molar-refractivity contribution in [2.24, 2.45) is 0 Å². The molecule has 20 heavy (non-hydrogen) atoms. The number of nitrogens with one attached hydrogen (secondary N) is 1. The van der Waals surface area contributed by atoms with Gasteiger partial charge in [0.05, 0.1) is 11.8 Å². The Balaban J connectivity index is 1.99. The monoisotopic (exact) mass is 278 g/mol. The molecule has 1 saturated heterocycles. The van der Waals surface area contributed by atoms with Crippen molar-refractivity contribution in [2.75, 3.05) is 13.2 Å². The maximum absolute atomic E-state index is 5.91. The van der Waals surface area contributed by atoms with Crippen molar-refractivity contribution >= 4 is 0 Å². The zero-order chi connectivity index (χ0) is 14.6. The van der Waals surface area contributed by atoms with Crippen LogP contribution < -0.4 is 10.1 Å². The highest BCUT2D eigenvalue weighted by atomic mass is 16.5. The number of rotatable bonds is 5. The molecule has 0 aromatic carbocycles. The molecule has 0 saturated carbocycles. The molecule has 0 aliphatic carbocycles. The summed E-state index contributed by atoms with van der Waals surface area (Å²) >= 11 is 0. The van der Waals surface area contributed by atoms with E-state index in [2.05, 4.69) is 31.1 Å². The quantitative estimate of drug-likeness (QED) is 0.899. The highest BCUT2D eigenvalue weighted by molar-refractivity contribution is 5.29. The van der Waals surface area contributed by atoms with E-state index in [-0.39, 0.29) is 11.6 Å². The van der Waals surface area contributed by atoms with E-state index >= 15 is 0 Å². The highest BCUT2D eigenvalue weighted by Gasteiger charge is 2.18. The molecular weight excluding hydrogens is 252 g/mol. The molecule has 1 unspecified atom stereocenters. The molecule has 1 aromatic heterocycles. The van der Waals surface area contributed by atoms with Crippen LogP contribution >= 0.6 is 0 Å². The van der Waals surface area contributed by atoms with E-state index in [1.165, 1.54) is 0 Å². The summed E-state index contributed by atoms with van der Waals surface area (Å²) in [6, 6.07) is 4.00. The zero-order valence-corrected chi connectivity index (χ0v) is 13.0. The fourth-order valence-electron chi connectivity index (χ4n) is 2.16. The van der Waals surface area contributed by atoms with Crippen LogP contribution in [0.5, 0.6) is 5.75 Å². The van der Waals surface area contributed by atoms with Gasteiger partial charge in [0.25, 0.3) is 0 Å². The van der Waals surface area contributed by atoms with Gasteiger partial charge in [0.1, 0.15) is 12.4 Å². The molecule has 0 radical (unpaired) electrons. The summed E-state index contributed by atoms with van der Waals surface area (Å²) in [5, 5.41) is 3.46. The summed E-state index contributed by atoms with van der Waals surface area (Å²) in [7, 11) is 0. The van der Waals surface area contributed by atoms with Gasteiger partial charge >= 0.3 is 0 Å². The molecule has 1 aromatic rings. The second kappa shape index (κ2) is 6.55. The van der Waals surface area contributed by atoms with Crippen molar-refractivity contribution in [1.29, 1.82) is 0 Å². The predicted octanol–water partition coefficient (Wildman–Crippen LogP) is 2.84. The van der Waals surface area contributed by atoms with E-state index < -0.39 is 0 Å². The van der Waals surface area contributed by atoms with Crippen LogP contribution in [0.15, 0.2) is 12.1 Å². The van der Waals surface area contributed by atoms with Crippen molar-refractivity contribution < 1.29 is 9.47 Å². The summed E-state index contributed by atoms with van der Waals surface area (Å²) in [5.41, 5.74) is 2.05. The Labute approximate surface area is 121 Å². The van der Waals surface area contributed by atoms with Gasteiger partial charge in [-0.05, 0) is 52.7 Å². The Morgan fingerprint density at radius 1 is 1.40 bits per heavy atom. The fourth-order valence-corrected chi connectivity index (χ4v) is 2.16. The first-order valence-electron chi connectivity index (χ1n) is 7.40. The lowest BCUT2D eigenvalue weighted by Gasteiger charge is -2.21. The van der Waals surface area contributed by atoms with Gasteiger partial charge < -0.3 is 14.8 Å². The first-order chi connectivity index (χ1) is 9.44. The topological polar surface area (TPSA) is 43.4 Å². The van der Waals surface area contributed by atoms with Crippen molar-refractivity contribution in [3.05, 3.63) is 23.5 Å². The Bertz CT molecular complexity index is 435. The van der Waals surface area contributed by atoms with E-state index in [1.807, 2.05) is 19.1 Å². The zero-order valence-electron chi connectivity index (χ0n) is 13.0. The Hall–Kier alpha value is -1.13. The van der Waals surface area contributed by atoms with Crippen LogP contribution in [0.2, 0.25) is 0 Å². The van der Waals surface area contributed by atoms with E-state index in [1.54, 1.807) is 0 Å². The van der Waals surface area contributed by atoms with Gasteiger partial charge in [0, 0.05) is 24.4 Å². The smallest absolute Gasteiger partial charge is 0.142 e. The maximum Gasteiger partial charge on any atom is 0.142 e. The number of aryl methyl sites for hydroxylation is 1. The molecule has 0 bridgehead atoms. The SMILES string of the molecule is Cc1ccc(OCC2CCCO2)c(CNC(C)(C)C)n1. The van der Waals surface area contributed by atoms with E-state index in [0.29, 0.717) is 13.2 Å². The van der Waals surface area contributed by atoms with Crippen LogP contribution in [0.25, 0.3) is 0 Å². The lowest BCUT2D eigenvalue weighted by molar-refractivity contribution is 0.0673. The predicted molar refractivity (Wildman–Crippen MR) is 80.0 cm³/mol. The van der Waals surface area contributed by atoms with Crippen molar-refractivity contribution in [1.82, 2.24) is 10.3 Å². The van der Waals surface area contributed by atoms with Crippen molar-refractivity contribution in [3.8, 4) is 5.75 Å². The third kappa shape index (κ3) is 4.76. The van der Waals surface area contributed by atoms with Gasteiger partial charge in [0.15, 0.2) is 0 Å². The summed E-state index contributed by atoms with van der Waals surface area (Å²) in [6.45, 7) is 10.6. The number of nitrogens with zero attached hydrogens (tertiary/aromatic N) is 1. The van der Waals surface area contributed by atoms with Gasteiger partial charge in [0.2, 0.25) is 0 Å². The molecule has 1 aliphatic heterocycles. The third-order valence-corrected chi connectivity index (χ3v) is 3.31. The van der Waals surface area contributed by atoms with E-state index in [9.17, 15) is 0 Å². The fraction of sp³-hybridized carbons (Fsp3) is 0.688. The molecule has 4 heteroatoms. The minimum Gasteiger partial charge on any atom is -0.489 e. The van der Waals surface area contributed by atoms with Gasteiger partial charge in [-0.1, -0.05) is 0 Å². The average molecular weight is 278 g/mol. The minimum absolute atomic E-state index is 0.0667. The molecule has 0 amide bonds. The van der Waals surface area contributed by atoms with Gasteiger partial charge in [-0.15, -0.1) is 0 Å². The van der Waals surface area contributed by atoms with Crippen LogP contribution in [0.1, 0.15) is 45.0 Å². The highest BCUT2D eigenvalue weighted by Crippen LogP contribution is 2.20. The van der Waals surface area contributed by atoms with Crippen molar-refractivity contribution in [3.63, 3.8) is 0 Å². The molecule has 112 valence electrons. The van der Waals surface area contributed by atoms with E-state index in [0.717, 1.165) is 36.6 Å². The first kappa shape index (κ1) is 15.3. The Kier molecular flexibility index (Phi) is 5.00. The molecule has 1 fully saturated rings. The molecule has 2 heterocycles. The van der Waals surface area contributed by atoms with Crippen LogP contribution in [0, 0.1) is 6.92 Å². The van der Waals surface area contributed by atoms with Crippen LogP contribution in [-0.4, -0.2) is 29.8 Å². The standard InChI is InChI=1S/C16H26N2O2/c1-12-7-8-15(20-11-13-6-5-9-19-13)14(18-12)10-17-16(2,3)4/h7-8,13,17H,5-6,9-11H2,1-4H3. The second-order valence-electron chi connectivity index (χ2n) is 6.45. The van der Waals surface area contributed by atoms with Crippen molar-refractivity contribution in [2.45, 2.75) is 58.7 Å².